The average molecular weight is 625 g/mol. The highest BCUT2D eigenvalue weighted by Crippen LogP contribution is 2.32. The third kappa shape index (κ3) is 9.54. The van der Waals surface area contributed by atoms with Gasteiger partial charge in [-0.05, 0) is 48.9 Å². The molecule has 0 unspecified atom stereocenters. The van der Waals surface area contributed by atoms with E-state index in [0.29, 0.717) is 21.8 Å². The number of halogens is 5. The Bertz CT molecular complexity index is 1420. The number of pyridine rings is 1. The highest BCUT2D eigenvalue weighted by atomic mass is 35.5. The number of urea groups is 1. The van der Waals surface area contributed by atoms with Crippen LogP contribution in [0.2, 0.25) is 10.0 Å². The van der Waals surface area contributed by atoms with Gasteiger partial charge in [0, 0.05) is 34.7 Å². The number of hydrazine groups is 1. The van der Waals surface area contributed by atoms with Gasteiger partial charge >= 0.3 is 12.2 Å². The number of amides is 3. The Labute approximate surface area is 235 Å². The molecule has 1 aromatic carbocycles. The summed E-state index contributed by atoms with van der Waals surface area (Å²) in [6.45, 7) is 0.210. The van der Waals surface area contributed by atoms with Gasteiger partial charge < -0.3 is 16.0 Å². The molecule has 0 radical (unpaired) electrons. The molecule has 2 aromatic heterocycles. The first-order valence-electron chi connectivity index (χ1n) is 11.0. The van der Waals surface area contributed by atoms with Crippen LogP contribution >= 0.6 is 34.5 Å². The van der Waals surface area contributed by atoms with Crippen LogP contribution in [0, 0.1) is 0 Å². The predicted octanol–water partition coefficient (Wildman–Crippen LogP) is 4.99. The van der Waals surface area contributed by atoms with Crippen molar-refractivity contribution >= 4 is 68.0 Å². The van der Waals surface area contributed by atoms with Crippen molar-refractivity contribution in [2.75, 3.05) is 17.2 Å². The molecular formula is C22H21Cl2F3N6O4S2. The minimum atomic E-state index is -4.57. The predicted molar refractivity (Wildman–Crippen MR) is 142 cm³/mol. The molecule has 10 nitrogen and oxygen atoms in total. The van der Waals surface area contributed by atoms with E-state index in [1.54, 1.807) is 24.3 Å². The molecule has 3 aromatic rings. The molecule has 2 heterocycles. The number of anilines is 2. The van der Waals surface area contributed by atoms with Gasteiger partial charge in [-0.25, -0.2) is 18.2 Å². The lowest BCUT2D eigenvalue weighted by Gasteiger charge is -2.11. The first-order valence-corrected chi connectivity index (χ1v) is 14.1. The Balaban J connectivity index is 1.39. The summed E-state index contributed by atoms with van der Waals surface area (Å²) in [6.07, 6.45) is -3.83. The van der Waals surface area contributed by atoms with Crippen LogP contribution in [-0.4, -0.2) is 31.9 Å². The number of nitrogens with one attached hydrogen (secondary N) is 5. The van der Waals surface area contributed by atoms with Gasteiger partial charge in [0.15, 0.2) is 0 Å². The van der Waals surface area contributed by atoms with Crippen molar-refractivity contribution in [3.63, 3.8) is 0 Å². The van der Waals surface area contributed by atoms with E-state index < -0.39 is 33.7 Å². The number of hydrogen-bond donors (Lipinski definition) is 5. The number of aromatic nitrogens is 1. The number of alkyl halides is 3. The van der Waals surface area contributed by atoms with E-state index in [-0.39, 0.29) is 41.0 Å². The van der Waals surface area contributed by atoms with Crippen LogP contribution in [0.15, 0.2) is 52.9 Å². The highest BCUT2D eigenvalue weighted by Gasteiger charge is 2.31. The number of carbonyl (C=O) groups is 2. The van der Waals surface area contributed by atoms with Gasteiger partial charge in [-0.2, -0.15) is 13.2 Å². The summed E-state index contributed by atoms with van der Waals surface area (Å²) in [5.41, 5.74) is 1.63. The van der Waals surface area contributed by atoms with E-state index in [0.717, 1.165) is 17.4 Å². The molecule has 17 heteroatoms. The van der Waals surface area contributed by atoms with Crippen molar-refractivity contribution in [1.82, 2.24) is 20.6 Å². The van der Waals surface area contributed by atoms with E-state index in [4.69, 9.17) is 23.2 Å². The number of rotatable bonds is 11. The fourth-order valence-electron chi connectivity index (χ4n) is 2.89. The Morgan fingerprint density at radius 2 is 1.77 bits per heavy atom. The van der Waals surface area contributed by atoms with Crippen molar-refractivity contribution in [2.45, 2.75) is 29.8 Å². The van der Waals surface area contributed by atoms with Gasteiger partial charge in [0.2, 0.25) is 5.91 Å². The smallest absolute Gasteiger partial charge is 0.369 e. The topological polar surface area (TPSA) is 141 Å². The quantitative estimate of drug-likeness (QED) is 0.150. The molecule has 0 aliphatic heterocycles. The summed E-state index contributed by atoms with van der Waals surface area (Å²) < 4.78 is 62.9. The Morgan fingerprint density at radius 3 is 2.44 bits per heavy atom. The highest BCUT2D eigenvalue weighted by molar-refractivity contribution is 7.91. The average Bonchev–Trinajstić information content (AvgIpc) is 3.36. The molecule has 0 saturated carbocycles. The molecule has 3 amide bonds. The van der Waals surface area contributed by atoms with Crippen molar-refractivity contribution in [1.29, 1.82) is 0 Å². The van der Waals surface area contributed by atoms with Crippen LogP contribution in [0.4, 0.5) is 29.5 Å². The molecule has 39 heavy (non-hydrogen) atoms. The van der Waals surface area contributed by atoms with Crippen molar-refractivity contribution in [3.8, 4) is 0 Å². The van der Waals surface area contributed by atoms with E-state index in [1.165, 1.54) is 12.1 Å². The number of benzene rings is 1. The van der Waals surface area contributed by atoms with E-state index >= 15 is 0 Å². The van der Waals surface area contributed by atoms with Crippen LogP contribution in [0.1, 0.15) is 23.3 Å². The number of sulfonamides is 1. The standard InChI is InChI=1S/C22H21Cl2F3N6O4S2/c23-14-3-5-15(6-4-14)31-21(35)30-12-16-7-8-19(38-16)39(36,37)33-32-18(34)2-1-9-28-20-17(24)10-13(11-29-20)22(25,26)27/h3-8,10-11,33H,1-2,9,12H2,(H,28,29)(H,32,34)(H2,30,31,35). The molecule has 210 valence electrons. The summed E-state index contributed by atoms with van der Waals surface area (Å²) in [6, 6.07) is 9.58. The molecule has 0 aliphatic carbocycles. The van der Waals surface area contributed by atoms with Crippen LogP contribution in [0.5, 0.6) is 0 Å². The van der Waals surface area contributed by atoms with Gasteiger partial charge in [-0.1, -0.05) is 23.2 Å². The van der Waals surface area contributed by atoms with Gasteiger partial charge in [0.1, 0.15) is 10.0 Å². The molecule has 5 N–H and O–H groups in total. The van der Waals surface area contributed by atoms with Crippen molar-refractivity contribution in [2.24, 2.45) is 0 Å². The minimum absolute atomic E-state index is 0.0243. The molecule has 0 bridgehead atoms. The van der Waals surface area contributed by atoms with Crippen LogP contribution in [-0.2, 0) is 27.5 Å². The summed E-state index contributed by atoms with van der Waals surface area (Å²) in [5.74, 6) is -0.611. The second kappa shape index (κ2) is 13.3. The number of hydrogen-bond acceptors (Lipinski definition) is 7. The molecule has 0 fully saturated rings. The summed E-state index contributed by atoms with van der Waals surface area (Å²) >= 11 is 12.5. The number of thiophene rings is 1. The van der Waals surface area contributed by atoms with Gasteiger partial charge in [-0.3, -0.25) is 10.2 Å². The SMILES string of the molecule is O=C(CCCNc1ncc(C(F)(F)F)cc1Cl)NNS(=O)(=O)c1ccc(CNC(=O)Nc2ccc(Cl)cc2)s1. The van der Waals surface area contributed by atoms with Crippen molar-refractivity contribution in [3.05, 3.63) is 69.1 Å². The molecule has 0 aliphatic rings. The van der Waals surface area contributed by atoms with Crippen molar-refractivity contribution < 1.29 is 31.2 Å². The third-order valence-corrected chi connectivity index (χ3v) is 8.16. The molecule has 0 spiro atoms. The summed E-state index contributed by atoms with van der Waals surface area (Å²) in [5, 5.41) is 8.23. The normalized spacial score (nSPS) is 11.6. The Hall–Kier alpha value is -3.11. The van der Waals surface area contributed by atoms with Crippen LogP contribution in [0.25, 0.3) is 0 Å². The Kier molecular flexibility index (Phi) is 10.4. The largest absolute Gasteiger partial charge is 0.417 e. The summed E-state index contributed by atoms with van der Waals surface area (Å²) in [4.78, 5) is 30.2. The minimum Gasteiger partial charge on any atom is -0.369 e. The monoisotopic (exact) mass is 624 g/mol. The summed E-state index contributed by atoms with van der Waals surface area (Å²) in [7, 11) is -4.06. The first kappa shape index (κ1) is 30.4. The maximum Gasteiger partial charge on any atom is 0.417 e. The second-order valence-electron chi connectivity index (χ2n) is 7.77. The fraction of sp³-hybridized carbons (Fsp3) is 0.227. The van der Waals surface area contributed by atoms with Gasteiger partial charge in [-0.15, -0.1) is 16.2 Å². The van der Waals surface area contributed by atoms with Crippen LogP contribution < -0.4 is 26.2 Å². The van der Waals surface area contributed by atoms with E-state index in [1.807, 2.05) is 4.83 Å². The Morgan fingerprint density at radius 1 is 1.05 bits per heavy atom. The second-order valence-corrected chi connectivity index (χ2v) is 11.7. The molecular weight excluding hydrogens is 604 g/mol. The first-order chi connectivity index (χ1) is 18.3. The molecule has 3 rings (SSSR count). The zero-order chi connectivity index (χ0) is 28.6. The fourth-order valence-corrected chi connectivity index (χ4v) is 5.40. The van der Waals surface area contributed by atoms with Gasteiger partial charge in [0.25, 0.3) is 10.0 Å². The lowest BCUT2D eigenvalue weighted by Crippen LogP contribution is -2.41. The molecule has 0 atom stereocenters. The van der Waals surface area contributed by atoms with E-state index in [9.17, 15) is 31.2 Å². The lowest BCUT2D eigenvalue weighted by molar-refractivity contribution is -0.137. The third-order valence-electron chi connectivity index (χ3n) is 4.79. The maximum atomic E-state index is 12.7. The maximum absolute atomic E-state index is 12.7. The zero-order valence-corrected chi connectivity index (χ0v) is 22.9. The molecule has 0 saturated heterocycles. The number of carbonyl (C=O) groups excluding carboxylic acids is 2. The zero-order valence-electron chi connectivity index (χ0n) is 19.7. The van der Waals surface area contributed by atoms with Crippen LogP contribution in [0.3, 0.4) is 0 Å². The lowest BCUT2D eigenvalue weighted by atomic mass is 10.2. The van der Waals surface area contributed by atoms with E-state index in [2.05, 4.69) is 26.4 Å². The van der Waals surface area contributed by atoms with Gasteiger partial charge in [0.05, 0.1) is 17.1 Å². The number of nitrogens with zero attached hydrogens (tertiary/aromatic N) is 1.